The van der Waals surface area contributed by atoms with Crippen molar-refractivity contribution in [1.82, 2.24) is 20.4 Å². The average molecular weight is 528 g/mol. The van der Waals surface area contributed by atoms with Gasteiger partial charge in [-0.05, 0) is 25.8 Å². The highest BCUT2D eigenvalue weighted by Crippen LogP contribution is 2.25. The zero-order valence-electron chi connectivity index (χ0n) is 16.2. The first-order valence-corrected chi connectivity index (χ1v) is 9.72. The van der Waals surface area contributed by atoms with Crippen LogP contribution in [0.1, 0.15) is 56.7 Å². The summed E-state index contributed by atoms with van der Waals surface area (Å²) in [6.45, 7) is 8.10. The number of guanidine groups is 1. The first kappa shape index (κ1) is 24.1. The van der Waals surface area contributed by atoms with Gasteiger partial charge in [-0.15, -0.1) is 24.0 Å². The van der Waals surface area contributed by atoms with Crippen LogP contribution < -0.4 is 10.6 Å². The number of rotatable bonds is 8. The Morgan fingerprint density at radius 1 is 1.22 bits per heavy atom. The van der Waals surface area contributed by atoms with Gasteiger partial charge >= 0.3 is 0 Å². The van der Waals surface area contributed by atoms with Gasteiger partial charge in [0.25, 0.3) is 0 Å². The number of aromatic nitrogens is 2. The Balaban J connectivity index is 0.00000364. The first-order chi connectivity index (χ1) is 12.5. The van der Waals surface area contributed by atoms with E-state index in [0.29, 0.717) is 35.1 Å². The SMILES string of the molecule is CCNC(=NCc1cc(Cl)c(Cl)n1C)NCc1cc(C(CC)CC)no1.I. The Hall–Kier alpha value is -0.930. The zero-order valence-corrected chi connectivity index (χ0v) is 20.0. The van der Waals surface area contributed by atoms with Crippen molar-refractivity contribution in [3.63, 3.8) is 0 Å². The number of hydrogen-bond acceptors (Lipinski definition) is 3. The molecule has 0 aliphatic rings. The van der Waals surface area contributed by atoms with E-state index < -0.39 is 0 Å². The number of nitrogens with zero attached hydrogens (tertiary/aromatic N) is 3. The Kier molecular flexibility index (Phi) is 10.5. The van der Waals surface area contributed by atoms with Crippen LogP contribution in [-0.2, 0) is 20.1 Å². The lowest BCUT2D eigenvalue weighted by Crippen LogP contribution is -2.36. The molecule has 2 N–H and O–H groups in total. The smallest absolute Gasteiger partial charge is 0.192 e. The van der Waals surface area contributed by atoms with Gasteiger partial charge in [-0.2, -0.15) is 0 Å². The zero-order chi connectivity index (χ0) is 19.1. The second-order valence-electron chi connectivity index (χ2n) is 6.11. The van der Waals surface area contributed by atoms with E-state index in [-0.39, 0.29) is 24.0 Å². The van der Waals surface area contributed by atoms with Crippen molar-refractivity contribution in [1.29, 1.82) is 0 Å². The summed E-state index contributed by atoms with van der Waals surface area (Å²) in [4.78, 5) is 4.58. The lowest BCUT2D eigenvalue weighted by atomic mass is 9.99. The number of hydrogen-bond donors (Lipinski definition) is 2. The van der Waals surface area contributed by atoms with Crippen LogP contribution in [0.3, 0.4) is 0 Å². The van der Waals surface area contributed by atoms with Gasteiger partial charge in [0.2, 0.25) is 0 Å². The molecule has 9 heteroatoms. The predicted molar refractivity (Wildman–Crippen MR) is 122 cm³/mol. The number of halogens is 3. The molecule has 0 atom stereocenters. The second kappa shape index (κ2) is 11.8. The minimum absolute atomic E-state index is 0. The summed E-state index contributed by atoms with van der Waals surface area (Å²) in [6, 6.07) is 3.85. The van der Waals surface area contributed by atoms with Crippen molar-refractivity contribution in [2.75, 3.05) is 6.54 Å². The van der Waals surface area contributed by atoms with Gasteiger partial charge in [-0.1, -0.05) is 42.2 Å². The van der Waals surface area contributed by atoms with E-state index in [9.17, 15) is 0 Å². The summed E-state index contributed by atoms with van der Waals surface area (Å²) in [5.74, 6) is 1.94. The molecule has 0 spiro atoms. The van der Waals surface area contributed by atoms with Crippen LogP contribution in [0.4, 0.5) is 0 Å². The topological polar surface area (TPSA) is 67.4 Å². The summed E-state index contributed by atoms with van der Waals surface area (Å²) in [5, 5.41) is 11.7. The van der Waals surface area contributed by atoms with E-state index in [4.69, 9.17) is 27.7 Å². The summed E-state index contributed by atoms with van der Waals surface area (Å²) in [6.07, 6.45) is 2.11. The van der Waals surface area contributed by atoms with E-state index in [1.54, 1.807) is 0 Å². The van der Waals surface area contributed by atoms with Crippen molar-refractivity contribution < 1.29 is 4.52 Å². The van der Waals surface area contributed by atoms with Gasteiger partial charge in [-0.3, -0.25) is 0 Å². The highest BCUT2D eigenvalue weighted by atomic mass is 127. The monoisotopic (exact) mass is 527 g/mol. The lowest BCUT2D eigenvalue weighted by Gasteiger charge is -2.10. The van der Waals surface area contributed by atoms with Crippen LogP contribution in [0.25, 0.3) is 0 Å². The molecule has 27 heavy (non-hydrogen) atoms. The quantitative estimate of drug-likeness (QED) is 0.285. The summed E-state index contributed by atoms with van der Waals surface area (Å²) >= 11 is 12.2. The van der Waals surface area contributed by atoms with E-state index in [0.717, 1.165) is 36.5 Å². The molecule has 0 unspecified atom stereocenters. The third-order valence-corrected chi connectivity index (χ3v) is 5.21. The van der Waals surface area contributed by atoms with Gasteiger partial charge in [0, 0.05) is 31.3 Å². The number of nitrogens with one attached hydrogen (secondary N) is 2. The van der Waals surface area contributed by atoms with Crippen molar-refractivity contribution in [2.45, 2.75) is 52.6 Å². The van der Waals surface area contributed by atoms with Gasteiger partial charge in [0.1, 0.15) is 5.15 Å². The molecule has 0 saturated heterocycles. The maximum atomic E-state index is 6.10. The molecule has 2 heterocycles. The summed E-state index contributed by atoms with van der Waals surface area (Å²) < 4.78 is 7.27. The lowest BCUT2D eigenvalue weighted by molar-refractivity contribution is 0.368. The predicted octanol–water partition coefficient (Wildman–Crippen LogP) is 5.10. The van der Waals surface area contributed by atoms with Gasteiger partial charge in [0.05, 0.1) is 23.8 Å². The van der Waals surface area contributed by atoms with Crippen LogP contribution >= 0.6 is 47.2 Å². The molecule has 152 valence electrons. The van der Waals surface area contributed by atoms with E-state index >= 15 is 0 Å². The minimum Gasteiger partial charge on any atom is -0.359 e. The third-order valence-electron chi connectivity index (χ3n) is 4.37. The molecule has 0 saturated carbocycles. The molecule has 6 nitrogen and oxygen atoms in total. The fraction of sp³-hybridized carbons (Fsp3) is 0.556. The van der Waals surface area contributed by atoms with Crippen LogP contribution in [0, 0.1) is 0 Å². The standard InChI is InChI=1S/C18H27Cl2N5O.HI/c1-5-12(6-2)16-9-14(26-24-16)11-23-18(21-7-3)22-10-13-8-15(19)17(20)25(13)4;/h8-9,12H,5-7,10-11H2,1-4H3,(H2,21,22,23);1H. The molecule has 0 bridgehead atoms. The van der Waals surface area contributed by atoms with Crippen molar-refractivity contribution >= 4 is 53.1 Å². The van der Waals surface area contributed by atoms with Crippen LogP contribution in [-0.4, -0.2) is 22.2 Å². The molecular formula is C18H28Cl2IN5O. The van der Waals surface area contributed by atoms with Gasteiger partial charge in [0.15, 0.2) is 11.7 Å². The highest BCUT2D eigenvalue weighted by molar-refractivity contribution is 14.0. The largest absolute Gasteiger partial charge is 0.359 e. The molecule has 0 fully saturated rings. The molecule has 0 aliphatic carbocycles. The maximum Gasteiger partial charge on any atom is 0.192 e. The van der Waals surface area contributed by atoms with Crippen LogP contribution in [0.5, 0.6) is 0 Å². The van der Waals surface area contributed by atoms with E-state index in [2.05, 4.69) is 34.6 Å². The maximum absolute atomic E-state index is 6.10. The van der Waals surface area contributed by atoms with Crippen molar-refractivity contribution in [2.24, 2.45) is 12.0 Å². The highest BCUT2D eigenvalue weighted by Gasteiger charge is 2.13. The van der Waals surface area contributed by atoms with Crippen molar-refractivity contribution in [3.8, 4) is 0 Å². The molecule has 2 rings (SSSR count). The molecule has 2 aromatic heterocycles. The second-order valence-corrected chi connectivity index (χ2v) is 6.88. The number of aliphatic imine (C=N–C) groups is 1. The Morgan fingerprint density at radius 2 is 1.93 bits per heavy atom. The average Bonchev–Trinajstić information content (AvgIpc) is 3.19. The van der Waals surface area contributed by atoms with Crippen LogP contribution in [0.15, 0.2) is 21.6 Å². The Bertz CT molecular complexity index is 740. The molecule has 2 aromatic rings. The Labute approximate surface area is 188 Å². The van der Waals surface area contributed by atoms with Gasteiger partial charge in [-0.25, -0.2) is 4.99 Å². The molecule has 0 aliphatic heterocycles. The molecule has 0 amide bonds. The first-order valence-electron chi connectivity index (χ1n) is 8.97. The molecule has 0 radical (unpaired) electrons. The molecule has 0 aromatic carbocycles. The van der Waals surface area contributed by atoms with Crippen molar-refractivity contribution in [3.05, 3.63) is 39.5 Å². The summed E-state index contributed by atoms with van der Waals surface area (Å²) in [5.41, 5.74) is 1.95. The van der Waals surface area contributed by atoms with Crippen LogP contribution in [0.2, 0.25) is 10.2 Å². The van der Waals surface area contributed by atoms with E-state index in [1.165, 1.54) is 0 Å². The molecular weight excluding hydrogens is 500 g/mol. The third kappa shape index (κ3) is 6.57. The normalized spacial score (nSPS) is 11.6. The minimum atomic E-state index is 0. The fourth-order valence-electron chi connectivity index (χ4n) is 2.72. The van der Waals surface area contributed by atoms with E-state index in [1.807, 2.05) is 30.7 Å². The Morgan fingerprint density at radius 3 is 2.48 bits per heavy atom. The summed E-state index contributed by atoms with van der Waals surface area (Å²) in [7, 11) is 1.87. The fourth-order valence-corrected chi connectivity index (χ4v) is 3.14. The van der Waals surface area contributed by atoms with Gasteiger partial charge < -0.3 is 19.7 Å².